The zero-order valence-electron chi connectivity index (χ0n) is 14.1. The Morgan fingerprint density at radius 1 is 1.00 bits per heavy atom. The fraction of sp³-hybridized carbons (Fsp3) is 0.300. The molecule has 1 atom stereocenters. The fourth-order valence-electron chi connectivity index (χ4n) is 3.39. The standard InChI is InChI=1S/C20H23N3O2/c21-20(25)23-18(15-8-2-1-3-9-15)13-19(24)22-17-12-6-10-14-7-4-5-11-16(14)17/h1-3,6,8-10,12,18H,4-5,7,11,13H2,(H,22,24)(H3,21,23,25)/t18-/m1/s1. The van der Waals surface area contributed by atoms with Crippen molar-refractivity contribution in [3.05, 3.63) is 65.2 Å². The van der Waals surface area contributed by atoms with E-state index >= 15 is 0 Å². The van der Waals surface area contributed by atoms with Gasteiger partial charge in [0.25, 0.3) is 0 Å². The van der Waals surface area contributed by atoms with Crippen LogP contribution in [0.1, 0.15) is 42.0 Å². The van der Waals surface area contributed by atoms with Crippen molar-refractivity contribution in [1.82, 2.24) is 5.32 Å². The monoisotopic (exact) mass is 337 g/mol. The van der Waals surface area contributed by atoms with Crippen LogP contribution in [0.15, 0.2) is 48.5 Å². The van der Waals surface area contributed by atoms with Gasteiger partial charge in [0.15, 0.2) is 0 Å². The van der Waals surface area contributed by atoms with Crippen LogP contribution in [0.3, 0.4) is 0 Å². The molecule has 5 nitrogen and oxygen atoms in total. The number of hydrogen-bond donors (Lipinski definition) is 3. The van der Waals surface area contributed by atoms with Crippen molar-refractivity contribution in [2.24, 2.45) is 5.73 Å². The fourth-order valence-corrected chi connectivity index (χ4v) is 3.39. The van der Waals surface area contributed by atoms with Gasteiger partial charge in [-0.25, -0.2) is 4.79 Å². The molecule has 0 fully saturated rings. The molecule has 2 aromatic rings. The predicted molar refractivity (Wildman–Crippen MR) is 98.2 cm³/mol. The maximum Gasteiger partial charge on any atom is 0.312 e. The first-order valence-corrected chi connectivity index (χ1v) is 8.65. The van der Waals surface area contributed by atoms with E-state index in [1.54, 1.807) is 0 Å². The van der Waals surface area contributed by atoms with E-state index in [0.29, 0.717) is 0 Å². The van der Waals surface area contributed by atoms with Gasteiger partial charge in [0.05, 0.1) is 12.5 Å². The summed E-state index contributed by atoms with van der Waals surface area (Å²) in [7, 11) is 0. The van der Waals surface area contributed by atoms with Crippen LogP contribution in [-0.4, -0.2) is 11.9 Å². The molecular formula is C20H23N3O2. The van der Waals surface area contributed by atoms with Gasteiger partial charge in [-0.2, -0.15) is 0 Å². The molecule has 0 radical (unpaired) electrons. The Kier molecular flexibility index (Phi) is 5.33. The van der Waals surface area contributed by atoms with Gasteiger partial charge >= 0.3 is 6.03 Å². The third kappa shape index (κ3) is 4.38. The number of amides is 3. The number of urea groups is 1. The van der Waals surface area contributed by atoms with Gasteiger partial charge in [0.1, 0.15) is 0 Å². The minimum Gasteiger partial charge on any atom is -0.352 e. The molecular weight excluding hydrogens is 314 g/mol. The van der Waals surface area contributed by atoms with Crippen LogP contribution < -0.4 is 16.4 Å². The number of carbonyl (C=O) groups excluding carboxylic acids is 2. The van der Waals surface area contributed by atoms with Gasteiger partial charge < -0.3 is 16.4 Å². The lowest BCUT2D eigenvalue weighted by Crippen LogP contribution is -2.35. The molecule has 0 saturated carbocycles. The van der Waals surface area contributed by atoms with Crippen LogP contribution in [0.2, 0.25) is 0 Å². The lowest BCUT2D eigenvalue weighted by molar-refractivity contribution is -0.116. The average Bonchev–Trinajstić information content (AvgIpc) is 2.62. The zero-order chi connectivity index (χ0) is 17.6. The molecule has 0 spiro atoms. The highest BCUT2D eigenvalue weighted by Gasteiger charge is 2.19. The lowest BCUT2D eigenvalue weighted by atomic mass is 9.90. The van der Waals surface area contributed by atoms with E-state index in [4.69, 9.17) is 5.73 Å². The van der Waals surface area contributed by atoms with Crippen molar-refractivity contribution >= 4 is 17.6 Å². The first kappa shape index (κ1) is 17.0. The van der Waals surface area contributed by atoms with Gasteiger partial charge in [0, 0.05) is 5.69 Å². The maximum atomic E-state index is 12.6. The second-order valence-electron chi connectivity index (χ2n) is 6.37. The Labute approximate surface area is 147 Å². The van der Waals surface area contributed by atoms with E-state index in [1.807, 2.05) is 42.5 Å². The average molecular weight is 337 g/mol. The summed E-state index contributed by atoms with van der Waals surface area (Å²) in [6.45, 7) is 0. The van der Waals surface area contributed by atoms with Crippen molar-refractivity contribution in [3.63, 3.8) is 0 Å². The Balaban J connectivity index is 1.73. The first-order chi connectivity index (χ1) is 12.1. The number of benzene rings is 2. The number of primary amides is 1. The number of aryl methyl sites for hydroxylation is 1. The van der Waals surface area contributed by atoms with Crippen molar-refractivity contribution in [1.29, 1.82) is 0 Å². The van der Waals surface area contributed by atoms with E-state index < -0.39 is 12.1 Å². The largest absolute Gasteiger partial charge is 0.352 e. The Bertz CT molecular complexity index is 759. The minimum absolute atomic E-state index is 0.136. The van der Waals surface area contributed by atoms with Crippen LogP contribution in [0.5, 0.6) is 0 Å². The molecule has 2 aromatic carbocycles. The second-order valence-corrected chi connectivity index (χ2v) is 6.37. The number of rotatable bonds is 5. The molecule has 0 saturated heterocycles. The first-order valence-electron chi connectivity index (χ1n) is 8.65. The SMILES string of the molecule is NC(=O)N[C@H](CC(=O)Nc1cccc2c1CCCC2)c1ccccc1. The van der Waals surface area contributed by atoms with Crippen LogP contribution in [0, 0.1) is 0 Å². The smallest absolute Gasteiger partial charge is 0.312 e. The minimum atomic E-state index is -0.640. The number of nitrogens with two attached hydrogens (primary N) is 1. The summed E-state index contributed by atoms with van der Waals surface area (Å²) in [6, 6.07) is 14.4. The summed E-state index contributed by atoms with van der Waals surface area (Å²) in [6.07, 6.45) is 4.54. The predicted octanol–water partition coefficient (Wildman–Crippen LogP) is 3.30. The third-order valence-electron chi connectivity index (χ3n) is 4.58. The number of nitrogens with one attached hydrogen (secondary N) is 2. The highest BCUT2D eigenvalue weighted by molar-refractivity contribution is 5.92. The van der Waals surface area contributed by atoms with Crippen molar-refractivity contribution < 1.29 is 9.59 Å². The Morgan fingerprint density at radius 2 is 1.76 bits per heavy atom. The van der Waals surface area contributed by atoms with Crippen LogP contribution in [0.4, 0.5) is 10.5 Å². The highest BCUT2D eigenvalue weighted by atomic mass is 16.2. The zero-order valence-corrected chi connectivity index (χ0v) is 14.1. The molecule has 5 heteroatoms. The maximum absolute atomic E-state index is 12.6. The molecule has 0 bridgehead atoms. The van der Waals surface area contributed by atoms with Gasteiger partial charge in [-0.05, 0) is 48.4 Å². The van der Waals surface area contributed by atoms with Gasteiger partial charge in [-0.1, -0.05) is 42.5 Å². The second kappa shape index (κ2) is 7.83. The van der Waals surface area contributed by atoms with Crippen LogP contribution >= 0.6 is 0 Å². The Hall–Kier alpha value is -2.82. The molecule has 3 amide bonds. The van der Waals surface area contributed by atoms with Gasteiger partial charge in [-0.15, -0.1) is 0 Å². The van der Waals surface area contributed by atoms with Crippen molar-refractivity contribution in [2.45, 2.75) is 38.1 Å². The lowest BCUT2D eigenvalue weighted by Gasteiger charge is -2.21. The number of anilines is 1. The van der Waals surface area contributed by atoms with E-state index in [-0.39, 0.29) is 12.3 Å². The molecule has 1 aliphatic rings. The van der Waals surface area contributed by atoms with Crippen LogP contribution in [-0.2, 0) is 17.6 Å². The van der Waals surface area contributed by atoms with E-state index in [2.05, 4.69) is 16.7 Å². The topological polar surface area (TPSA) is 84.2 Å². The summed E-state index contributed by atoms with van der Waals surface area (Å²) in [5.74, 6) is -0.137. The molecule has 4 N–H and O–H groups in total. The highest BCUT2D eigenvalue weighted by Crippen LogP contribution is 2.28. The molecule has 0 aromatic heterocycles. The number of hydrogen-bond acceptors (Lipinski definition) is 2. The van der Waals surface area contributed by atoms with Crippen molar-refractivity contribution in [2.75, 3.05) is 5.32 Å². The summed E-state index contributed by atoms with van der Waals surface area (Å²) < 4.78 is 0. The summed E-state index contributed by atoms with van der Waals surface area (Å²) in [4.78, 5) is 23.9. The number of fused-ring (bicyclic) bond motifs is 1. The summed E-state index contributed by atoms with van der Waals surface area (Å²) >= 11 is 0. The molecule has 1 aliphatic carbocycles. The summed E-state index contributed by atoms with van der Waals surface area (Å²) in [5, 5.41) is 5.67. The molecule has 3 rings (SSSR count). The summed E-state index contributed by atoms with van der Waals surface area (Å²) in [5.41, 5.74) is 9.56. The molecule has 0 aliphatic heterocycles. The molecule has 25 heavy (non-hydrogen) atoms. The Morgan fingerprint density at radius 3 is 2.52 bits per heavy atom. The van der Waals surface area contributed by atoms with E-state index in [1.165, 1.54) is 17.5 Å². The molecule has 130 valence electrons. The molecule has 0 unspecified atom stereocenters. The van der Waals surface area contributed by atoms with Crippen molar-refractivity contribution in [3.8, 4) is 0 Å². The molecule has 0 heterocycles. The quantitative estimate of drug-likeness (QED) is 0.782. The van der Waals surface area contributed by atoms with E-state index in [0.717, 1.165) is 30.5 Å². The normalized spacial score (nSPS) is 14.2. The van der Waals surface area contributed by atoms with Crippen LogP contribution in [0.25, 0.3) is 0 Å². The van der Waals surface area contributed by atoms with Gasteiger partial charge in [-0.3, -0.25) is 4.79 Å². The third-order valence-corrected chi connectivity index (χ3v) is 4.58. The van der Waals surface area contributed by atoms with E-state index in [9.17, 15) is 9.59 Å². The number of carbonyl (C=O) groups is 2. The van der Waals surface area contributed by atoms with Gasteiger partial charge in [0.2, 0.25) is 5.91 Å².